The highest BCUT2D eigenvalue weighted by Gasteiger charge is 2.38. The third kappa shape index (κ3) is 5.93. The molecule has 7 heteroatoms. The number of halogens is 3. The number of hydrogen-bond acceptors (Lipinski definition) is 3. The second-order valence-electron chi connectivity index (χ2n) is 1.98. The van der Waals surface area contributed by atoms with Crippen molar-refractivity contribution in [3.8, 4) is 0 Å². The van der Waals surface area contributed by atoms with Gasteiger partial charge in [-0.3, -0.25) is 0 Å². The van der Waals surface area contributed by atoms with Gasteiger partial charge in [-0.15, -0.1) is 0 Å². The Morgan fingerprint density at radius 3 is 1.67 bits per heavy atom. The van der Waals surface area contributed by atoms with Gasteiger partial charge in [0.2, 0.25) is 0 Å². The van der Waals surface area contributed by atoms with Gasteiger partial charge in [0.25, 0.3) is 0 Å². The standard InChI is InChI=1S/C3H8N2.C2HF3O2/c1-2-5-3-4-1;3-2(4,5)1(6)7/h4-5H,1-3H2;(H,6,7). The van der Waals surface area contributed by atoms with Gasteiger partial charge in [-0.05, 0) is 0 Å². The van der Waals surface area contributed by atoms with Gasteiger partial charge in [-0.1, -0.05) is 0 Å². The summed E-state index contributed by atoms with van der Waals surface area (Å²) < 4.78 is 31.7. The lowest BCUT2D eigenvalue weighted by atomic mass is 10.7. The number of alkyl halides is 3. The zero-order chi connectivity index (χ0) is 9.61. The van der Waals surface area contributed by atoms with Gasteiger partial charge in [-0.2, -0.15) is 13.2 Å². The van der Waals surface area contributed by atoms with Gasteiger partial charge >= 0.3 is 12.1 Å². The minimum absolute atomic E-state index is 1.00. The van der Waals surface area contributed by atoms with E-state index < -0.39 is 12.1 Å². The van der Waals surface area contributed by atoms with E-state index >= 15 is 0 Å². The van der Waals surface area contributed by atoms with E-state index in [0.717, 1.165) is 19.8 Å². The van der Waals surface area contributed by atoms with Crippen LogP contribution in [0.3, 0.4) is 0 Å². The normalized spacial score (nSPS) is 16.6. The number of carboxylic acid groups (broad SMARTS) is 1. The molecule has 72 valence electrons. The molecule has 0 aromatic rings. The smallest absolute Gasteiger partial charge is 0.475 e. The zero-order valence-corrected chi connectivity index (χ0v) is 6.11. The molecule has 0 spiro atoms. The first-order valence-electron chi connectivity index (χ1n) is 3.16. The number of nitrogens with one attached hydrogen (secondary N) is 2. The number of carboxylic acids is 1. The fourth-order valence-corrected chi connectivity index (χ4v) is 0.442. The Morgan fingerprint density at radius 2 is 1.58 bits per heavy atom. The molecule has 0 aromatic carbocycles. The Kier molecular flexibility index (Phi) is 4.60. The van der Waals surface area contributed by atoms with Crippen LogP contribution in [0, 0.1) is 0 Å². The Bertz CT molecular complexity index is 137. The highest BCUT2D eigenvalue weighted by molar-refractivity contribution is 5.73. The summed E-state index contributed by atoms with van der Waals surface area (Å²) in [4.78, 5) is 8.90. The van der Waals surface area contributed by atoms with Crippen LogP contribution >= 0.6 is 0 Å². The van der Waals surface area contributed by atoms with Crippen molar-refractivity contribution in [1.29, 1.82) is 0 Å². The average Bonchev–Trinajstić information content (AvgIpc) is 2.39. The number of carbonyl (C=O) groups is 1. The van der Waals surface area contributed by atoms with E-state index in [-0.39, 0.29) is 0 Å². The van der Waals surface area contributed by atoms with Gasteiger partial charge in [0.1, 0.15) is 0 Å². The van der Waals surface area contributed by atoms with Crippen molar-refractivity contribution >= 4 is 5.97 Å². The predicted octanol–water partition coefficient (Wildman–Crippen LogP) is -0.230. The summed E-state index contributed by atoms with van der Waals surface area (Å²) in [6.45, 7) is 3.28. The predicted molar refractivity (Wildman–Crippen MR) is 34.6 cm³/mol. The van der Waals surface area contributed by atoms with Crippen LogP contribution < -0.4 is 10.6 Å². The number of aliphatic carboxylic acids is 1. The minimum Gasteiger partial charge on any atom is -0.475 e. The van der Waals surface area contributed by atoms with Gasteiger partial charge in [0, 0.05) is 19.8 Å². The Labute approximate surface area is 66.8 Å². The number of hydrogen-bond donors (Lipinski definition) is 3. The summed E-state index contributed by atoms with van der Waals surface area (Å²) in [6, 6.07) is 0. The fourth-order valence-electron chi connectivity index (χ4n) is 0.442. The molecule has 4 nitrogen and oxygen atoms in total. The minimum atomic E-state index is -5.08. The molecule has 0 saturated carbocycles. The van der Waals surface area contributed by atoms with E-state index in [1.165, 1.54) is 0 Å². The molecule has 1 heterocycles. The zero-order valence-electron chi connectivity index (χ0n) is 6.11. The molecule has 0 amide bonds. The van der Waals surface area contributed by atoms with E-state index in [2.05, 4.69) is 10.6 Å². The van der Waals surface area contributed by atoms with Crippen molar-refractivity contribution in [3.63, 3.8) is 0 Å². The summed E-state index contributed by atoms with van der Waals surface area (Å²) in [5, 5.41) is 13.3. The van der Waals surface area contributed by atoms with E-state index in [4.69, 9.17) is 9.90 Å². The quantitative estimate of drug-likeness (QED) is 0.489. The maximum absolute atomic E-state index is 10.6. The largest absolute Gasteiger partial charge is 0.490 e. The first kappa shape index (κ1) is 11.2. The molecular formula is C5H9F3N2O2. The summed E-state index contributed by atoms with van der Waals surface area (Å²) in [5.41, 5.74) is 0. The molecule has 12 heavy (non-hydrogen) atoms. The van der Waals surface area contributed by atoms with Gasteiger partial charge in [-0.25, -0.2) is 4.79 Å². The van der Waals surface area contributed by atoms with E-state index in [0.29, 0.717) is 0 Å². The highest BCUT2D eigenvalue weighted by Crippen LogP contribution is 2.13. The average molecular weight is 186 g/mol. The van der Waals surface area contributed by atoms with Crippen LogP contribution in [0.15, 0.2) is 0 Å². The van der Waals surface area contributed by atoms with Gasteiger partial charge in [0.15, 0.2) is 0 Å². The van der Waals surface area contributed by atoms with Crippen molar-refractivity contribution in [2.75, 3.05) is 19.8 Å². The van der Waals surface area contributed by atoms with E-state index in [1.54, 1.807) is 0 Å². The van der Waals surface area contributed by atoms with Crippen molar-refractivity contribution in [2.45, 2.75) is 6.18 Å². The van der Waals surface area contributed by atoms with Crippen LogP contribution in [0.4, 0.5) is 13.2 Å². The molecular weight excluding hydrogens is 177 g/mol. The molecule has 0 atom stereocenters. The maximum atomic E-state index is 10.6. The summed E-state index contributed by atoms with van der Waals surface area (Å²) >= 11 is 0. The summed E-state index contributed by atoms with van der Waals surface area (Å²) in [7, 11) is 0. The van der Waals surface area contributed by atoms with Gasteiger partial charge in [0.05, 0.1) is 0 Å². The lowest BCUT2D eigenvalue weighted by molar-refractivity contribution is -0.192. The van der Waals surface area contributed by atoms with Crippen LogP contribution in [0.2, 0.25) is 0 Å². The molecule has 1 aliphatic heterocycles. The Balaban J connectivity index is 0.000000211. The third-order valence-electron chi connectivity index (χ3n) is 0.971. The molecule has 1 saturated heterocycles. The van der Waals surface area contributed by atoms with Crippen molar-refractivity contribution in [1.82, 2.24) is 10.6 Å². The second-order valence-corrected chi connectivity index (χ2v) is 1.98. The van der Waals surface area contributed by atoms with E-state index in [1.807, 2.05) is 0 Å². The highest BCUT2D eigenvalue weighted by atomic mass is 19.4. The lowest BCUT2D eigenvalue weighted by Gasteiger charge is -1.93. The molecule has 1 aliphatic rings. The first-order chi connectivity index (χ1) is 5.44. The Morgan fingerprint density at radius 1 is 1.25 bits per heavy atom. The molecule has 1 fully saturated rings. The number of rotatable bonds is 0. The van der Waals surface area contributed by atoms with Crippen LogP contribution in [0.25, 0.3) is 0 Å². The van der Waals surface area contributed by atoms with Crippen molar-refractivity contribution < 1.29 is 23.1 Å². The van der Waals surface area contributed by atoms with Crippen LogP contribution in [0.5, 0.6) is 0 Å². The molecule has 0 radical (unpaired) electrons. The van der Waals surface area contributed by atoms with Crippen LogP contribution in [-0.4, -0.2) is 37.0 Å². The summed E-state index contributed by atoms with van der Waals surface area (Å²) in [6.07, 6.45) is -5.08. The lowest BCUT2D eigenvalue weighted by Crippen LogP contribution is -2.21. The Hall–Kier alpha value is -0.820. The molecule has 0 bridgehead atoms. The topological polar surface area (TPSA) is 61.4 Å². The molecule has 0 aromatic heterocycles. The monoisotopic (exact) mass is 186 g/mol. The molecule has 0 unspecified atom stereocenters. The van der Waals surface area contributed by atoms with Crippen molar-refractivity contribution in [3.05, 3.63) is 0 Å². The van der Waals surface area contributed by atoms with Crippen molar-refractivity contribution in [2.24, 2.45) is 0 Å². The first-order valence-corrected chi connectivity index (χ1v) is 3.16. The molecule has 3 N–H and O–H groups in total. The molecule has 1 rings (SSSR count). The van der Waals surface area contributed by atoms with Crippen LogP contribution in [0.1, 0.15) is 0 Å². The second kappa shape index (κ2) is 4.94. The maximum Gasteiger partial charge on any atom is 0.490 e. The third-order valence-corrected chi connectivity index (χ3v) is 0.971. The fraction of sp³-hybridized carbons (Fsp3) is 0.800. The summed E-state index contributed by atoms with van der Waals surface area (Å²) in [5.74, 6) is -2.76. The van der Waals surface area contributed by atoms with E-state index in [9.17, 15) is 13.2 Å². The SMILES string of the molecule is C1CNCN1.O=C(O)C(F)(F)F. The van der Waals surface area contributed by atoms with Gasteiger partial charge < -0.3 is 15.7 Å². The van der Waals surface area contributed by atoms with Crippen LogP contribution in [-0.2, 0) is 4.79 Å². The molecule has 0 aliphatic carbocycles.